The Kier molecular flexibility index (Phi) is 4.53. The topological polar surface area (TPSA) is 82.6 Å². The molecule has 1 aliphatic heterocycles. The number of nitrogens with zero attached hydrogens (tertiary/aromatic N) is 5. The van der Waals surface area contributed by atoms with Crippen molar-refractivity contribution in [3.63, 3.8) is 0 Å². The number of rotatable bonds is 6. The summed E-state index contributed by atoms with van der Waals surface area (Å²) in [5, 5.41) is 12.0. The van der Waals surface area contributed by atoms with Crippen LogP contribution in [0.1, 0.15) is 18.5 Å². The Hall–Kier alpha value is -3.20. The first kappa shape index (κ1) is 19.5. The number of alkyl halides is 1. The lowest BCUT2D eigenvalue weighted by Gasteiger charge is -2.45. The minimum Gasteiger partial charge on any atom is -0.350 e. The highest BCUT2D eigenvalue weighted by atomic mass is 32.2. The van der Waals surface area contributed by atoms with Gasteiger partial charge in [0.1, 0.15) is 17.3 Å². The maximum Gasteiger partial charge on any atom is 0.196 e. The number of halogens is 1. The van der Waals surface area contributed by atoms with Gasteiger partial charge in [-0.15, -0.1) is 0 Å². The van der Waals surface area contributed by atoms with E-state index >= 15 is 0 Å². The third kappa shape index (κ3) is 3.77. The van der Waals surface area contributed by atoms with Gasteiger partial charge in [0.05, 0.1) is 18.6 Å². The zero-order valence-corrected chi connectivity index (χ0v) is 18.4. The fourth-order valence-electron chi connectivity index (χ4n) is 4.12. The Morgan fingerprint density at radius 1 is 1.12 bits per heavy atom. The Bertz CT molecular complexity index is 1300. The van der Waals surface area contributed by atoms with Gasteiger partial charge in [0, 0.05) is 34.3 Å². The van der Waals surface area contributed by atoms with Crippen molar-refractivity contribution >= 4 is 40.1 Å². The average molecular weight is 448 g/mol. The van der Waals surface area contributed by atoms with E-state index in [1.807, 2.05) is 54.4 Å². The van der Waals surface area contributed by atoms with Gasteiger partial charge in [0.25, 0.3) is 0 Å². The number of nitrogens with one attached hydrogen (secondary N) is 2. The summed E-state index contributed by atoms with van der Waals surface area (Å²) in [4.78, 5) is 16.9. The quantitative estimate of drug-likeness (QED) is 0.407. The standard InChI is InChI=1S/C23H22FN7S/c1-14-8-20(30-29-14)26-19-10-21(31-12-23(24,13-31)16-6-7-16)28-22(27-19)32-17-9-15-4-2-3-5-18(15)25-11-17/h2-5,8-11,16H,6-7,12-13H2,1H3,(H2,26,27,28,29,30). The molecule has 9 heteroatoms. The van der Waals surface area contributed by atoms with Gasteiger partial charge >= 0.3 is 0 Å². The van der Waals surface area contributed by atoms with Crippen LogP contribution in [0.3, 0.4) is 0 Å². The van der Waals surface area contributed by atoms with Crippen molar-refractivity contribution in [2.75, 3.05) is 23.3 Å². The molecule has 2 N–H and O–H groups in total. The summed E-state index contributed by atoms with van der Waals surface area (Å²) in [6, 6.07) is 13.8. The molecule has 4 aromatic rings. The van der Waals surface area contributed by atoms with Crippen LogP contribution in [0.4, 0.5) is 21.8 Å². The second-order valence-electron chi connectivity index (χ2n) is 8.59. The number of aromatic nitrogens is 5. The fourth-order valence-corrected chi connectivity index (χ4v) is 4.90. The third-order valence-electron chi connectivity index (χ3n) is 5.97. The van der Waals surface area contributed by atoms with Crippen LogP contribution in [-0.4, -0.2) is 43.9 Å². The highest BCUT2D eigenvalue weighted by molar-refractivity contribution is 7.99. The van der Waals surface area contributed by atoms with Gasteiger partial charge in [0.15, 0.2) is 11.0 Å². The van der Waals surface area contributed by atoms with Gasteiger partial charge < -0.3 is 10.2 Å². The van der Waals surface area contributed by atoms with E-state index in [-0.39, 0.29) is 5.92 Å². The van der Waals surface area contributed by atoms with E-state index in [0.29, 0.717) is 29.9 Å². The van der Waals surface area contributed by atoms with E-state index < -0.39 is 5.67 Å². The van der Waals surface area contributed by atoms with Crippen LogP contribution >= 0.6 is 11.8 Å². The molecule has 0 amide bonds. The van der Waals surface area contributed by atoms with Crippen LogP contribution < -0.4 is 10.2 Å². The van der Waals surface area contributed by atoms with Crippen molar-refractivity contribution in [1.82, 2.24) is 25.1 Å². The van der Waals surface area contributed by atoms with E-state index in [0.717, 1.165) is 40.2 Å². The molecule has 6 rings (SSSR count). The van der Waals surface area contributed by atoms with Gasteiger partial charge in [0.2, 0.25) is 0 Å². The molecule has 0 atom stereocenters. The van der Waals surface area contributed by atoms with Crippen LogP contribution in [-0.2, 0) is 0 Å². The molecule has 7 nitrogen and oxygen atoms in total. The van der Waals surface area contributed by atoms with Crippen LogP contribution in [0.5, 0.6) is 0 Å². The number of fused-ring (bicyclic) bond motifs is 1. The molecule has 162 valence electrons. The molecule has 1 aromatic carbocycles. The number of pyridine rings is 1. The molecule has 1 saturated carbocycles. The Labute approximate surface area is 188 Å². The van der Waals surface area contributed by atoms with E-state index in [2.05, 4.69) is 31.5 Å². The van der Waals surface area contributed by atoms with Gasteiger partial charge in [-0.3, -0.25) is 10.1 Å². The van der Waals surface area contributed by atoms with Crippen molar-refractivity contribution in [3.05, 3.63) is 54.4 Å². The summed E-state index contributed by atoms with van der Waals surface area (Å²) < 4.78 is 14.9. The predicted molar refractivity (Wildman–Crippen MR) is 123 cm³/mol. The molecule has 0 unspecified atom stereocenters. The molecule has 0 bridgehead atoms. The van der Waals surface area contributed by atoms with Crippen LogP contribution in [0, 0.1) is 12.8 Å². The smallest absolute Gasteiger partial charge is 0.196 e. The second-order valence-corrected chi connectivity index (χ2v) is 9.63. The molecule has 2 aliphatic rings. The van der Waals surface area contributed by atoms with Gasteiger partial charge in [-0.2, -0.15) is 5.10 Å². The third-order valence-corrected chi connectivity index (χ3v) is 6.79. The van der Waals surface area contributed by atoms with Crippen LogP contribution in [0.15, 0.2) is 58.7 Å². The molecule has 2 fully saturated rings. The zero-order chi connectivity index (χ0) is 21.7. The molecular weight excluding hydrogens is 425 g/mol. The molecule has 0 spiro atoms. The maximum atomic E-state index is 14.9. The summed E-state index contributed by atoms with van der Waals surface area (Å²) in [5.74, 6) is 2.24. The molecule has 1 aliphatic carbocycles. The number of hydrogen-bond acceptors (Lipinski definition) is 7. The predicted octanol–water partition coefficient (Wildman–Crippen LogP) is 4.89. The normalized spacial score (nSPS) is 17.4. The molecule has 0 radical (unpaired) electrons. The molecular formula is C23H22FN7S. The summed E-state index contributed by atoms with van der Waals surface area (Å²) >= 11 is 1.44. The van der Waals surface area contributed by atoms with Crippen LogP contribution in [0.25, 0.3) is 10.9 Å². The molecule has 32 heavy (non-hydrogen) atoms. The van der Waals surface area contributed by atoms with Crippen molar-refractivity contribution < 1.29 is 4.39 Å². The highest BCUT2D eigenvalue weighted by Crippen LogP contribution is 2.48. The zero-order valence-electron chi connectivity index (χ0n) is 17.5. The number of hydrogen-bond donors (Lipinski definition) is 2. The first-order chi connectivity index (χ1) is 15.5. The summed E-state index contributed by atoms with van der Waals surface area (Å²) in [5.41, 5.74) is 0.823. The second kappa shape index (κ2) is 7.44. The Morgan fingerprint density at radius 2 is 1.97 bits per heavy atom. The Balaban J connectivity index is 1.30. The van der Waals surface area contributed by atoms with Crippen molar-refractivity contribution in [2.45, 2.75) is 35.5 Å². The summed E-state index contributed by atoms with van der Waals surface area (Å²) in [7, 11) is 0. The average Bonchev–Trinajstić information content (AvgIpc) is 3.54. The number of anilines is 3. The maximum absolute atomic E-state index is 14.9. The number of aryl methyl sites for hydroxylation is 1. The first-order valence-corrected chi connectivity index (χ1v) is 11.5. The highest BCUT2D eigenvalue weighted by Gasteiger charge is 2.54. The monoisotopic (exact) mass is 447 g/mol. The summed E-state index contributed by atoms with van der Waals surface area (Å²) in [6.07, 6.45) is 3.82. The molecule has 3 aromatic heterocycles. The number of H-pyrrole nitrogens is 1. The fraction of sp³-hybridized carbons (Fsp3) is 0.304. The van der Waals surface area contributed by atoms with E-state index in [4.69, 9.17) is 4.98 Å². The number of benzene rings is 1. The minimum atomic E-state index is -1.08. The van der Waals surface area contributed by atoms with E-state index in [1.165, 1.54) is 11.8 Å². The Morgan fingerprint density at radius 3 is 2.75 bits per heavy atom. The lowest BCUT2D eigenvalue weighted by Crippen LogP contribution is -2.60. The summed E-state index contributed by atoms with van der Waals surface area (Å²) in [6.45, 7) is 2.71. The molecule has 4 heterocycles. The first-order valence-electron chi connectivity index (χ1n) is 10.7. The van der Waals surface area contributed by atoms with Gasteiger partial charge in [-0.1, -0.05) is 18.2 Å². The van der Waals surface area contributed by atoms with Gasteiger partial charge in [-0.25, -0.2) is 14.4 Å². The number of aromatic amines is 1. The van der Waals surface area contributed by atoms with Gasteiger partial charge in [-0.05, 0) is 49.6 Å². The molecule has 1 saturated heterocycles. The largest absolute Gasteiger partial charge is 0.350 e. The lowest BCUT2D eigenvalue weighted by molar-refractivity contribution is 0.0924. The number of para-hydroxylation sites is 1. The van der Waals surface area contributed by atoms with Crippen LogP contribution in [0.2, 0.25) is 0 Å². The van der Waals surface area contributed by atoms with E-state index in [9.17, 15) is 4.39 Å². The minimum absolute atomic E-state index is 0.211. The van der Waals surface area contributed by atoms with Crippen molar-refractivity contribution in [1.29, 1.82) is 0 Å². The lowest BCUT2D eigenvalue weighted by atomic mass is 9.91. The SMILES string of the molecule is Cc1cc(Nc2cc(N3CC(F)(C4CC4)C3)nc(Sc3cnc4ccccc4c3)n2)n[nH]1. The van der Waals surface area contributed by atoms with Crippen molar-refractivity contribution in [3.8, 4) is 0 Å². The van der Waals surface area contributed by atoms with E-state index in [1.54, 1.807) is 0 Å². The van der Waals surface area contributed by atoms with Crippen molar-refractivity contribution in [2.24, 2.45) is 5.92 Å².